The minimum atomic E-state index is -4.76. The Kier molecular flexibility index (Phi) is 35.1. The normalized spacial score (nSPS) is 14.2. The van der Waals surface area contributed by atoms with Crippen LogP contribution in [0.2, 0.25) is 0 Å². The van der Waals surface area contributed by atoms with Gasteiger partial charge in [-0.3, -0.25) is 18.6 Å². The van der Waals surface area contributed by atoms with Crippen LogP contribution in [0.3, 0.4) is 0 Å². The number of carboxylic acid groups (broad SMARTS) is 1. The number of carbonyl (C=O) groups excluding carboxylic acids is 2. The fourth-order valence-electron chi connectivity index (χ4n) is 5.38. The summed E-state index contributed by atoms with van der Waals surface area (Å²) in [6.45, 7) is 2.51. The SMILES string of the molecule is CCCC/C=C\C/C=C\CCCCCCCC(=O)NC(COP(=O)(O)OCC(O)COC(=O)CCCCCCC/C=C\CCCCCCCC)C(=O)O. The largest absolute Gasteiger partial charge is 0.480 e. The van der Waals surface area contributed by atoms with Gasteiger partial charge in [0.15, 0.2) is 6.04 Å². The minimum absolute atomic E-state index is 0.128. The first-order valence-corrected chi connectivity index (χ1v) is 22.0. The van der Waals surface area contributed by atoms with Crippen LogP contribution >= 0.6 is 7.82 Å². The summed E-state index contributed by atoms with van der Waals surface area (Å²) < 4.78 is 26.8. The van der Waals surface area contributed by atoms with E-state index in [9.17, 15) is 34.1 Å². The first-order chi connectivity index (χ1) is 25.6. The highest BCUT2D eigenvalue weighted by atomic mass is 31.2. The van der Waals surface area contributed by atoms with Crippen LogP contribution in [0.4, 0.5) is 0 Å². The number of allylic oxidation sites excluding steroid dienone is 6. The predicted octanol–water partition coefficient (Wildman–Crippen LogP) is 10.1. The minimum Gasteiger partial charge on any atom is -0.480 e. The maximum Gasteiger partial charge on any atom is 0.472 e. The van der Waals surface area contributed by atoms with Gasteiger partial charge in [-0.1, -0.05) is 134 Å². The summed E-state index contributed by atoms with van der Waals surface area (Å²) >= 11 is 0. The summed E-state index contributed by atoms with van der Waals surface area (Å²) in [6, 6.07) is -1.55. The number of hydrogen-bond donors (Lipinski definition) is 4. The molecule has 3 unspecified atom stereocenters. The van der Waals surface area contributed by atoms with E-state index in [4.69, 9.17) is 13.8 Å². The summed E-state index contributed by atoms with van der Waals surface area (Å²) in [5, 5.41) is 21.8. The molecule has 0 radical (unpaired) electrons. The average Bonchev–Trinajstić information content (AvgIpc) is 3.13. The van der Waals surface area contributed by atoms with Gasteiger partial charge in [0, 0.05) is 12.8 Å². The van der Waals surface area contributed by atoms with Gasteiger partial charge in [0.1, 0.15) is 12.7 Å². The van der Waals surface area contributed by atoms with E-state index in [0.717, 1.165) is 83.5 Å². The van der Waals surface area contributed by atoms with Crippen LogP contribution in [0.5, 0.6) is 0 Å². The van der Waals surface area contributed by atoms with Gasteiger partial charge in [0.25, 0.3) is 0 Å². The number of esters is 1. The number of unbranched alkanes of at least 4 members (excludes halogenated alkanes) is 18. The molecule has 11 nitrogen and oxygen atoms in total. The molecule has 4 N–H and O–H groups in total. The summed E-state index contributed by atoms with van der Waals surface area (Å²) in [5.74, 6) is -2.40. The van der Waals surface area contributed by atoms with Crippen LogP contribution in [0.25, 0.3) is 0 Å². The molecule has 0 saturated heterocycles. The zero-order chi connectivity index (χ0) is 39.3. The van der Waals surface area contributed by atoms with E-state index in [2.05, 4.69) is 55.6 Å². The Balaban J connectivity index is 3.96. The fourth-order valence-corrected chi connectivity index (χ4v) is 6.16. The summed E-state index contributed by atoms with van der Waals surface area (Å²) in [6.07, 6.45) is 37.4. The van der Waals surface area contributed by atoms with E-state index in [1.54, 1.807) is 0 Å². The predicted molar refractivity (Wildman–Crippen MR) is 212 cm³/mol. The number of phosphoric ester groups is 1. The highest BCUT2D eigenvalue weighted by Gasteiger charge is 2.28. The molecule has 0 aromatic rings. The Morgan fingerprint density at radius 2 is 1.06 bits per heavy atom. The Labute approximate surface area is 321 Å². The van der Waals surface area contributed by atoms with Crippen LogP contribution in [0.1, 0.15) is 174 Å². The van der Waals surface area contributed by atoms with Crippen LogP contribution in [-0.2, 0) is 32.7 Å². The summed E-state index contributed by atoms with van der Waals surface area (Å²) in [4.78, 5) is 45.8. The first-order valence-electron chi connectivity index (χ1n) is 20.5. The molecule has 0 aromatic heterocycles. The molecular formula is C41H74NO10P. The molecular weight excluding hydrogens is 697 g/mol. The van der Waals surface area contributed by atoms with Crippen molar-refractivity contribution in [2.24, 2.45) is 0 Å². The first kappa shape index (κ1) is 50.7. The van der Waals surface area contributed by atoms with Crippen molar-refractivity contribution >= 4 is 25.7 Å². The number of hydrogen-bond acceptors (Lipinski definition) is 8. The van der Waals surface area contributed by atoms with Crippen LogP contribution in [0.15, 0.2) is 36.5 Å². The van der Waals surface area contributed by atoms with Crippen molar-refractivity contribution in [3.63, 3.8) is 0 Å². The van der Waals surface area contributed by atoms with Crippen molar-refractivity contribution in [1.29, 1.82) is 0 Å². The number of phosphoric acid groups is 1. The van der Waals surface area contributed by atoms with Gasteiger partial charge in [-0.05, 0) is 64.2 Å². The zero-order valence-corrected chi connectivity index (χ0v) is 34.0. The Bertz CT molecular complexity index is 1050. The molecule has 0 fully saturated rings. The topological polar surface area (TPSA) is 169 Å². The lowest BCUT2D eigenvalue weighted by Gasteiger charge is -2.18. The van der Waals surface area contributed by atoms with E-state index in [-0.39, 0.29) is 12.8 Å². The lowest BCUT2D eigenvalue weighted by molar-refractivity contribution is -0.147. The van der Waals surface area contributed by atoms with Gasteiger partial charge in [-0.25, -0.2) is 9.36 Å². The third kappa shape index (κ3) is 36.4. The molecule has 0 aromatic carbocycles. The molecule has 0 saturated carbocycles. The number of aliphatic hydroxyl groups excluding tert-OH is 1. The van der Waals surface area contributed by atoms with E-state index < -0.39 is 57.6 Å². The third-order valence-electron chi connectivity index (χ3n) is 8.65. The lowest BCUT2D eigenvalue weighted by Crippen LogP contribution is -2.43. The Morgan fingerprint density at radius 1 is 0.604 bits per heavy atom. The number of aliphatic carboxylic acids is 1. The molecule has 0 rings (SSSR count). The van der Waals surface area contributed by atoms with Gasteiger partial charge in [0.2, 0.25) is 5.91 Å². The number of nitrogens with one attached hydrogen (secondary N) is 1. The Morgan fingerprint density at radius 3 is 1.60 bits per heavy atom. The van der Waals surface area contributed by atoms with Crippen molar-refractivity contribution < 1.29 is 47.8 Å². The number of amides is 1. The van der Waals surface area contributed by atoms with Crippen LogP contribution in [-0.4, -0.2) is 64.9 Å². The lowest BCUT2D eigenvalue weighted by atomic mass is 10.1. The molecule has 53 heavy (non-hydrogen) atoms. The highest BCUT2D eigenvalue weighted by molar-refractivity contribution is 7.47. The molecule has 0 aliphatic carbocycles. The second kappa shape index (κ2) is 36.7. The van der Waals surface area contributed by atoms with Crippen molar-refractivity contribution in [2.75, 3.05) is 19.8 Å². The van der Waals surface area contributed by atoms with Crippen LogP contribution < -0.4 is 5.32 Å². The number of carboxylic acids is 1. The summed E-state index contributed by atoms with van der Waals surface area (Å²) in [5.41, 5.74) is 0. The monoisotopic (exact) mass is 772 g/mol. The van der Waals surface area contributed by atoms with E-state index in [0.29, 0.717) is 12.8 Å². The molecule has 0 bridgehead atoms. The van der Waals surface area contributed by atoms with Gasteiger partial charge in [0.05, 0.1) is 13.2 Å². The fraction of sp³-hybridized carbons (Fsp3) is 0.780. The molecule has 0 aliphatic heterocycles. The average molecular weight is 772 g/mol. The second-order valence-electron chi connectivity index (χ2n) is 13.8. The van der Waals surface area contributed by atoms with Crippen LogP contribution in [0, 0.1) is 0 Å². The number of rotatable bonds is 38. The van der Waals surface area contributed by atoms with Crippen molar-refractivity contribution in [2.45, 2.75) is 187 Å². The van der Waals surface area contributed by atoms with Gasteiger partial charge < -0.3 is 25.2 Å². The number of carbonyl (C=O) groups is 3. The smallest absolute Gasteiger partial charge is 0.472 e. The van der Waals surface area contributed by atoms with Crippen molar-refractivity contribution in [3.8, 4) is 0 Å². The quantitative estimate of drug-likeness (QED) is 0.0205. The standard InChI is InChI=1S/C41H74NO10P/c1-3-5-7-9-11-13-15-17-19-21-23-25-27-29-31-33-40(45)50-34-37(43)35-51-53(48,49)52-36-38(41(46)47)42-39(44)32-30-28-26-24-22-20-18-16-14-12-10-8-6-4-2/h10,12,16-19,37-38,43H,3-9,11,13-15,20-36H2,1-2H3,(H,42,44)(H,46,47)(H,48,49)/b12-10-,18-16-,19-17-. The maximum atomic E-state index is 12.3. The van der Waals surface area contributed by atoms with E-state index in [1.165, 1.54) is 51.4 Å². The highest BCUT2D eigenvalue weighted by Crippen LogP contribution is 2.43. The molecule has 308 valence electrons. The number of ether oxygens (including phenoxy) is 1. The zero-order valence-electron chi connectivity index (χ0n) is 33.1. The van der Waals surface area contributed by atoms with E-state index in [1.807, 2.05) is 0 Å². The van der Waals surface area contributed by atoms with Crippen molar-refractivity contribution in [3.05, 3.63) is 36.5 Å². The van der Waals surface area contributed by atoms with Gasteiger partial charge in [-0.2, -0.15) is 0 Å². The second-order valence-corrected chi connectivity index (χ2v) is 15.3. The van der Waals surface area contributed by atoms with Gasteiger partial charge >= 0.3 is 19.8 Å². The van der Waals surface area contributed by atoms with E-state index >= 15 is 0 Å². The molecule has 0 spiro atoms. The molecule has 0 aliphatic rings. The molecule has 0 heterocycles. The third-order valence-corrected chi connectivity index (χ3v) is 9.60. The molecule has 1 amide bonds. The maximum absolute atomic E-state index is 12.3. The summed E-state index contributed by atoms with van der Waals surface area (Å²) in [7, 11) is -4.76. The molecule has 3 atom stereocenters. The Hall–Kier alpha value is -2.30. The molecule has 12 heteroatoms. The number of aliphatic hydroxyl groups is 1. The van der Waals surface area contributed by atoms with Gasteiger partial charge in [-0.15, -0.1) is 0 Å². The van der Waals surface area contributed by atoms with Crippen molar-refractivity contribution in [1.82, 2.24) is 5.32 Å².